The van der Waals surface area contributed by atoms with Crippen molar-refractivity contribution in [2.75, 3.05) is 25.1 Å². The molecule has 0 aliphatic carbocycles. The van der Waals surface area contributed by atoms with Gasteiger partial charge in [-0.1, -0.05) is 0 Å². The number of carbonyl (C=O) groups is 3. The predicted octanol–water partition coefficient (Wildman–Crippen LogP) is -1.53. The SMILES string of the molecule is CSCCC(C(=O)O)N(C(=O)CN)C(=O)CN. The largest absolute Gasteiger partial charge is 0.480 e. The summed E-state index contributed by atoms with van der Waals surface area (Å²) in [4.78, 5) is 34.7. The van der Waals surface area contributed by atoms with E-state index in [2.05, 4.69) is 0 Å². The van der Waals surface area contributed by atoms with Gasteiger partial charge in [0.2, 0.25) is 11.8 Å². The van der Waals surface area contributed by atoms with Crippen LogP contribution in [-0.4, -0.2) is 58.9 Å². The minimum Gasteiger partial charge on any atom is -0.480 e. The molecule has 17 heavy (non-hydrogen) atoms. The summed E-state index contributed by atoms with van der Waals surface area (Å²) in [6, 6.07) is -1.20. The average molecular weight is 263 g/mol. The first-order chi connectivity index (χ1) is 7.99. The van der Waals surface area contributed by atoms with Crippen molar-refractivity contribution >= 4 is 29.5 Å². The van der Waals surface area contributed by atoms with E-state index in [0.29, 0.717) is 10.7 Å². The number of nitrogens with two attached hydrogens (primary N) is 2. The van der Waals surface area contributed by atoms with Crippen molar-refractivity contribution in [1.29, 1.82) is 0 Å². The Morgan fingerprint density at radius 1 is 1.24 bits per heavy atom. The van der Waals surface area contributed by atoms with Crippen LogP contribution in [0.3, 0.4) is 0 Å². The van der Waals surface area contributed by atoms with Gasteiger partial charge in [-0.2, -0.15) is 11.8 Å². The number of hydrogen-bond acceptors (Lipinski definition) is 6. The van der Waals surface area contributed by atoms with Gasteiger partial charge < -0.3 is 16.6 Å². The van der Waals surface area contributed by atoms with Crippen LogP contribution in [0.4, 0.5) is 0 Å². The first-order valence-corrected chi connectivity index (χ1v) is 6.35. The van der Waals surface area contributed by atoms with Crippen molar-refractivity contribution in [3.8, 4) is 0 Å². The Morgan fingerprint density at radius 3 is 2.00 bits per heavy atom. The molecule has 0 aromatic rings. The molecular formula is C9H17N3O4S. The minimum absolute atomic E-state index is 0.175. The first kappa shape index (κ1) is 15.9. The van der Waals surface area contributed by atoms with Crippen LogP contribution in [-0.2, 0) is 14.4 Å². The summed E-state index contributed by atoms with van der Waals surface area (Å²) in [7, 11) is 0. The van der Waals surface area contributed by atoms with E-state index in [-0.39, 0.29) is 6.42 Å². The summed E-state index contributed by atoms with van der Waals surface area (Å²) < 4.78 is 0. The van der Waals surface area contributed by atoms with Crippen LogP contribution >= 0.6 is 11.8 Å². The van der Waals surface area contributed by atoms with Gasteiger partial charge in [0, 0.05) is 0 Å². The Hall–Kier alpha value is -1.12. The Kier molecular flexibility index (Phi) is 7.51. The third-order valence-electron chi connectivity index (χ3n) is 2.08. The van der Waals surface area contributed by atoms with E-state index in [4.69, 9.17) is 16.6 Å². The lowest BCUT2D eigenvalue weighted by molar-refractivity contribution is -0.157. The van der Waals surface area contributed by atoms with Gasteiger partial charge in [-0.05, 0) is 18.4 Å². The Labute approximate surface area is 104 Å². The maximum absolute atomic E-state index is 11.5. The number of carboxylic acid groups (broad SMARTS) is 1. The van der Waals surface area contributed by atoms with E-state index in [9.17, 15) is 14.4 Å². The summed E-state index contributed by atoms with van der Waals surface area (Å²) in [5, 5.41) is 9.02. The second-order valence-corrected chi connectivity index (χ2v) is 4.19. The zero-order chi connectivity index (χ0) is 13.4. The standard InChI is InChI=1S/C9H17N3O4S/c1-17-3-2-6(9(15)16)12(7(13)4-10)8(14)5-11/h6H,2-5,10-11H2,1H3,(H,15,16). The van der Waals surface area contributed by atoms with Crippen molar-refractivity contribution < 1.29 is 19.5 Å². The quantitative estimate of drug-likeness (QED) is 0.508. The van der Waals surface area contributed by atoms with Crippen LogP contribution < -0.4 is 11.5 Å². The highest BCUT2D eigenvalue weighted by molar-refractivity contribution is 7.98. The van der Waals surface area contributed by atoms with Crippen LogP contribution in [0.15, 0.2) is 0 Å². The van der Waals surface area contributed by atoms with Gasteiger partial charge in [-0.3, -0.25) is 14.5 Å². The van der Waals surface area contributed by atoms with Gasteiger partial charge in [0.15, 0.2) is 0 Å². The fraction of sp³-hybridized carbons (Fsp3) is 0.667. The van der Waals surface area contributed by atoms with Crippen molar-refractivity contribution in [3.05, 3.63) is 0 Å². The molecule has 7 nitrogen and oxygen atoms in total. The number of thioether (sulfide) groups is 1. The van der Waals surface area contributed by atoms with E-state index < -0.39 is 36.9 Å². The van der Waals surface area contributed by atoms with Crippen LogP contribution in [0.2, 0.25) is 0 Å². The molecule has 0 spiro atoms. The number of rotatable bonds is 7. The Morgan fingerprint density at radius 2 is 1.71 bits per heavy atom. The van der Waals surface area contributed by atoms with Gasteiger partial charge in [-0.15, -0.1) is 0 Å². The van der Waals surface area contributed by atoms with Crippen LogP contribution in [0.1, 0.15) is 6.42 Å². The molecule has 0 aliphatic rings. The van der Waals surface area contributed by atoms with E-state index >= 15 is 0 Å². The fourth-order valence-corrected chi connectivity index (χ4v) is 1.73. The van der Waals surface area contributed by atoms with Crippen molar-refractivity contribution in [3.63, 3.8) is 0 Å². The number of imide groups is 1. The number of carbonyl (C=O) groups excluding carboxylic acids is 2. The number of carboxylic acids is 1. The summed E-state index contributed by atoms with van der Waals surface area (Å²) >= 11 is 1.43. The van der Waals surface area contributed by atoms with Crippen molar-refractivity contribution in [2.45, 2.75) is 12.5 Å². The number of nitrogens with zero attached hydrogens (tertiary/aromatic N) is 1. The van der Waals surface area contributed by atoms with Gasteiger partial charge in [0.05, 0.1) is 13.1 Å². The van der Waals surface area contributed by atoms with Gasteiger partial charge >= 0.3 is 5.97 Å². The average Bonchev–Trinajstić information content (AvgIpc) is 2.32. The molecule has 1 unspecified atom stereocenters. The zero-order valence-electron chi connectivity index (χ0n) is 9.59. The molecule has 8 heteroatoms. The third-order valence-corrected chi connectivity index (χ3v) is 2.72. The van der Waals surface area contributed by atoms with E-state index in [0.717, 1.165) is 0 Å². The molecule has 0 aliphatic heterocycles. The fourth-order valence-electron chi connectivity index (χ4n) is 1.28. The molecule has 0 bridgehead atoms. The lowest BCUT2D eigenvalue weighted by Crippen LogP contribution is -2.52. The van der Waals surface area contributed by atoms with Crippen LogP contribution in [0.25, 0.3) is 0 Å². The van der Waals surface area contributed by atoms with Gasteiger partial charge in [0.1, 0.15) is 6.04 Å². The highest BCUT2D eigenvalue weighted by atomic mass is 32.2. The number of amides is 2. The molecule has 0 aromatic heterocycles. The molecule has 0 fully saturated rings. The second-order valence-electron chi connectivity index (χ2n) is 3.20. The van der Waals surface area contributed by atoms with Gasteiger partial charge in [0.25, 0.3) is 0 Å². The van der Waals surface area contributed by atoms with E-state index in [1.807, 2.05) is 0 Å². The summed E-state index contributed by atoms with van der Waals surface area (Å²) in [5.41, 5.74) is 10.3. The molecule has 0 saturated carbocycles. The molecule has 0 rings (SSSR count). The minimum atomic E-state index is -1.23. The highest BCUT2D eigenvalue weighted by Crippen LogP contribution is 2.09. The Bertz CT molecular complexity index is 282. The normalized spacial score (nSPS) is 11.9. The maximum Gasteiger partial charge on any atom is 0.326 e. The number of aliphatic carboxylic acids is 1. The molecule has 2 amide bonds. The third kappa shape index (κ3) is 4.72. The smallest absolute Gasteiger partial charge is 0.326 e. The predicted molar refractivity (Wildman–Crippen MR) is 64.4 cm³/mol. The van der Waals surface area contributed by atoms with Crippen molar-refractivity contribution in [2.24, 2.45) is 11.5 Å². The highest BCUT2D eigenvalue weighted by Gasteiger charge is 2.32. The lowest BCUT2D eigenvalue weighted by atomic mass is 10.2. The molecule has 0 heterocycles. The molecule has 1 atom stereocenters. The van der Waals surface area contributed by atoms with Crippen LogP contribution in [0.5, 0.6) is 0 Å². The molecule has 0 saturated heterocycles. The second kappa shape index (κ2) is 8.04. The molecule has 0 aromatic carbocycles. The van der Waals surface area contributed by atoms with E-state index in [1.165, 1.54) is 11.8 Å². The molecule has 0 radical (unpaired) electrons. The number of hydrogen-bond donors (Lipinski definition) is 3. The van der Waals surface area contributed by atoms with Gasteiger partial charge in [-0.25, -0.2) is 4.79 Å². The monoisotopic (exact) mass is 263 g/mol. The molecule has 98 valence electrons. The lowest BCUT2D eigenvalue weighted by Gasteiger charge is -2.26. The summed E-state index contributed by atoms with van der Waals surface area (Å²) in [5.74, 6) is -2.17. The molecule has 5 N–H and O–H groups in total. The molecular weight excluding hydrogens is 246 g/mol. The first-order valence-electron chi connectivity index (χ1n) is 4.96. The topological polar surface area (TPSA) is 127 Å². The maximum atomic E-state index is 11.5. The van der Waals surface area contributed by atoms with Crippen molar-refractivity contribution in [1.82, 2.24) is 4.90 Å². The van der Waals surface area contributed by atoms with E-state index in [1.54, 1.807) is 6.26 Å². The Balaban J connectivity index is 4.99. The zero-order valence-corrected chi connectivity index (χ0v) is 10.4. The summed E-state index contributed by atoms with van der Waals surface area (Å²) in [6.45, 7) is -0.844. The van der Waals surface area contributed by atoms with Crippen LogP contribution in [0, 0.1) is 0 Å². The summed E-state index contributed by atoms with van der Waals surface area (Å²) in [6.07, 6.45) is 1.98.